The van der Waals surface area contributed by atoms with Crippen molar-refractivity contribution < 1.29 is 14.4 Å². The predicted molar refractivity (Wildman–Crippen MR) is 68.5 cm³/mol. The molecule has 0 N–H and O–H groups in total. The number of hydrogen-bond acceptors (Lipinski definition) is 4. The summed E-state index contributed by atoms with van der Waals surface area (Å²) < 4.78 is 1.68. The molecule has 2 amide bonds. The highest BCUT2D eigenvalue weighted by atomic mass is 35.5. The standard InChI is InChI=1S/C13H13ClN2O3/c14-15-7-5-9(6-8-15)19-16-12(17)10-3-1-2-4-11(10)13(16)18/h1-4,9H,5-8H2. The summed E-state index contributed by atoms with van der Waals surface area (Å²) in [5.74, 6) is -0.761. The first-order chi connectivity index (χ1) is 9.16. The minimum atomic E-state index is -0.381. The highest BCUT2D eigenvalue weighted by Crippen LogP contribution is 2.25. The number of hydrogen-bond donors (Lipinski definition) is 0. The fourth-order valence-corrected chi connectivity index (χ4v) is 2.54. The molecule has 100 valence electrons. The maximum atomic E-state index is 12.1. The van der Waals surface area contributed by atoms with Crippen LogP contribution >= 0.6 is 11.8 Å². The molecule has 1 aromatic rings. The van der Waals surface area contributed by atoms with Crippen LogP contribution in [-0.4, -0.2) is 40.5 Å². The number of carbonyl (C=O) groups excluding carboxylic acids is 2. The molecule has 0 aromatic heterocycles. The molecule has 1 fully saturated rings. The Labute approximate surface area is 115 Å². The molecule has 2 heterocycles. The van der Waals surface area contributed by atoms with E-state index in [2.05, 4.69) is 0 Å². The van der Waals surface area contributed by atoms with Crippen molar-refractivity contribution in [1.29, 1.82) is 0 Å². The Morgan fingerprint density at radius 3 is 2.11 bits per heavy atom. The molecular weight excluding hydrogens is 268 g/mol. The zero-order valence-corrected chi connectivity index (χ0v) is 11.0. The van der Waals surface area contributed by atoms with E-state index in [4.69, 9.17) is 16.6 Å². The van der Waals surface area contributed by atoms with Crippen LogP contribution in [0, 0.1) is 0 Å². The Balaban J connectivity index is 1.74. The van der Waals surface area contributed by atoms with Crippen LogP contribution in [0.3, 0.4) is 0 Å². The van der Waals surface area contributed by atoms with Gasteiger partial charge in [-0.3, -0.25) is 14.4 Å². The summed E-state index contributed by atoms with van der Waals surface area (Å²) in [5.41, 5.74) is 0.810. The summed E-state index contributed by atoms with van der Waals surface area (Å²) in [6.07, 6.45) is 1.27. The van der Waals surface area contributed by atoms with E-state index in [-0.39, 0.29) is 17.9 Å². The number of nitrogens with zero attached hydrogens (tertiary/aromatic N) is 2. The normalized spacial score (nSPS) is 21.0. The third-order valence-electron chi connectivity index (χ3n) is 3.40. The molecule has 0 bridgehead atoms. The van der Waals surface area contributed by atoms with Crippen molar-refractivity contribution in [2.75, 3.05) is 13.1 Å². The number of piperidine rings is 1. The number of hydroxylamine groups is 2. The molecule has 19 heavy (non-hydrogen) atoms. The molecule has 0 spiro atoms. The van der Waals surface area contributed by atoms with E-state index in [0.29, 0.717) is 37.1 Å². The van der Waals surface area contributed by atoms with Crippen LogP contribution in [-0.2, 0) is 4.84 Å². The first-order valence-corrected chi connectivity index (χ1v) is 6.56. The lowest BCUT2D eigenvalue weighted by molar-refractivity contribution is -0.142. The molecule has 2 aliphatic heterocycles. The van der Waals surface area contributed by atoms with Crippen LogP contribution in [0.2, 0.25) is 0 Å². The van der Waals surface area contributed by atoms with E-state index < -0.39 is 0 Å². The van der Waals surface area contributed by atoms with Gasteiger partial charge in [0.25, 0.3) is 11.8 Å². The van der Waals surface area contributed by atoms with Crippen molar-refractivity contribution in [1.82, 2.24) is 9.48 Å². The van der Waals surface area contributed by atoms with Crippen LogP contribution in [0.15, 0.2) is 24.3 Å². The molecule has 0 unspecified atom stereocenters. The van der Waals surface area contributed by atoms with Gasteiger partial charge in [-0.2, -0.15) is 0 Å². The summed E-state index contributed by atoms with van der Waals surface area (Å²) in [4.78, 5) is 29.7. The molecule has 0 radical (unpaired) electrons. The molecule has 0 atom stereocenters. The Morgan fingerprint density at radius 2 is 1.58 bits per heavy atom. The zero-order chi connectivity index (χ0) is 13.4. The van der Waals surface area contributed by atoms with Gasteiger partial charge in [-0.15, -0.1) is 5.06 Å². The highest BCUT2D eigenvalue weighted by Gasteiger charge is 2.38. The van der Waals surface area contributed by atoms with Crippen molar-refractivity contribution >= 4 is 23.6 Å². The average Bonchev–Trinajstić information content (AvgIpc) is 2.67. The number of benzene rings is 1. The Hall–Kier alpha value is -1.43. The lowest BCUT2D eigenvalue weighted by atomic mass is 10.1. The van der Waals surface area contributed by atoms with Gasteiger partial charge in [-0.25, -0.2) is 4.42 Å². The van der Waals surface area contributed by atoms with Gasteiger partial charge in [0.1, 0.15) is 0 Å². The number of amides is 2. The second-order valence-corrected chi connectivity index (χ2v) is 5.14. The summed E-state index contributed by atoms with van der Waals surface area (Å²) in [7, 11) is 0. The van der Waals surface area contributed by atoms with E-state index in [1.165, 1.54) is 0 Å². The summed E-state index contributed by atoms with van der Waals surface area (Å²) in [5, 5.41) is 0.888. The maximum absolute atomic E-state index is 12.1. The predicted octanol–water partition coefficient (Wildman–Crippen LogP) is 1.83. The van der Waals surface area contributed by atoms with Crippen molar-refractivity contribution in [2.24, 2.45) is 0 Å². The van der Waals surface area contributed by atoms with E-state index >= 15 is 0 Å². The molecule has 3 rings (SSSR count). The van der Waals surface area contributed by atoms with E-state index in [0.717, 1.165) is 5.06 Å². The number of carbonyl (C=O) groups is 2. The van der Waals surface area contributed by atoms with Gasteiger partial charge < -0.3 is 0 Å². The quantitative estimate of drug-likeness (QED) is 0.613. The fraction of sp³-hybridized carbons (Fsp3) is 0.385. The SMILES string of the molecule is O=C1c2ccccc2C(=O)N1OC1CCN(Cl)CC1. The lowest BCUT2D eigenvalue weighted by Gasteiger charge is -2.28. The van der Waals surface area contributed by atoms with Crippen molar-refractivity contribution in [2.45, 2.75) is 18.9 Å². The van der Waals surface area contributed by atoms with Crippen LogP contribution in [0.4, 0.5) is 0 Å². The Morgan fingerprint density at radius 1 is 1.05 bits per heavy atom. The van der Waals surface area contributed by atoms with Gasteiger partial charge in [0.05, 0.1) is 17.2 Å². The Kier molecular flexibility index (Phi) is 3.26. The van der Waals surface area contributed by atoms with Crippen molar-refractivity contribution in [3.05, 3.63) is 35.4 Å². The fourth-order valence-electron chi connectivity index (χ4n) is 2.34. The summed E-state index contributed by atoms with van der Waals surface area (Å²) in [6.45, 7) is 1.38. The molecule has 1 saturated heterocycles. The van der Waals surface area contributed by atoms with Crippen LogP contribution < -0.4 is 0 Å². The topological polar surface area (TPSA) is 49.9 Å². The van der Waals surface area contributed by atoms with Gasteiger partial charge in [0.2, 0.25) is 0 Å². The monoisotopic (exact) mass is 280 g/mol. The summed E-state index contributed by atoms with van der Waals surface area (Å²) >= 11 is 5.86. The minimum absolute atomic E-state index is 0.141. The number of fused-ring (bicyclic) bond motifs is 1. The van der Waals surface area contributed by atoms with Crippen molar-refractivity contribution in [3.8, 4) is 0 Å². The first kappa shape index (κ1) is 12.6. The Bertz CT molecular complexity index is 491. The second kappa shape index (κ2) is 4.92. The van der Waals surface area contributed by atoms with Crippen LogP contribution in [0.5, 0.6) is 0 Å². The van der Waals surface area contributed by atoms with E-state index in [1.807, 2.05) is 0 Å². The molecule has 6 heteroatoms. The van der Waals surface area contributed by atoms with Crippen LogP contribution in [0.25, 0.3) is 0 Å². The largest absolute Gasteiger partial charge is 0.285 e. The minimum Gasteiger partial charge on any atom is -0.266 e. The number of rotatable bonds is 2. The zero-order valence-electron chi connectivity index (χ0n) is 10.2. The maximum Gasteiger partial charge on any atom is 0.285 e. The number of halogens is 1. The van der Waals surface area contributed by atoms with Gasteiger partial charge in [-0.05, 0) is 36.8 Å². The lowest BCUT2D eigenvalue weighted by Crippen LogP contribution is -2.39. The van der Waals surface area contributed by atoms with Gasteiger partial charge in [0, 0.05) is 13.1 Å². The molecule has 0 saturated carbocycles. The highest BCUT2D eigenvalue weighted by molar-refractivity contribution is 6.20. The average molecular weight is 281 g/mol. The molecular formula is C13H13ClN2O3. The van der Waals surface area contributed by atoms with E-state index in [1.54, 1.807) is 28.7 Å². The number of imide groups is 1. The molecule has 1 aromatic carbocycles. The van der Waals surface area contributed by atoms with Crippen molar-refractivity contribution in [3.63, 3.8) is 0 Å². The van der Waals surface area contributed by atoms with Gasteiger partial charge in [-0.1, -0.05) is 12.1 Å². The third-order valence-corrected chi connectivity index (χ3v) is 3.74. The molecule has 0 aliphatic carbocycles. The second-order valence-electron chi connectivity index (χ2n) is 4.66. The molecule has 5 nitrogen and oxygen atoms in total. The van der Waals surface area contributed by atoms with Crippen LogP contribution in [0.1, 0.15) is 33.6 Å². The molecule has 2 aliphatic rings. The summed E-state index contributed by atoms with van der Waals surface area (Å²) in [6, 6.07) is 6.75. The first-order valence-electron chi connectivity index (χ1n) is 6.22. The smallest absolute Gasteiger partial charge is 0.266 e. The van der Waals surface area contributed by atoms with Gasteiger partial charge in [0.15, 0.2) is 0 Å². The third kappa shape index (κ3) is 2.25. The van der Waals surface area contributed by atoms with Gasteiger partial charge >= 0.3 is 0 Å². The van der Waals surface area contributed by atoms with E-state index in [9.17, 15) is 9.59 Å².